The first-order valence-corrected chi connectivity index (χ1v) is 11.1. The van der Waals surface area contributed by atoms with E-state index in [9.17, 15) is 32.3 Å². The number of nitrogens with zero attached hydrogens (tertiary/aromatic N) is 2. The summed E-state index contributed by atoms with van der Waals surface area (Å²) in [5.41, 5.74) is 6.66. The molecule has 10 nitrogen and oxygen atoms in total. The molecule has 1 amide bonds. The number of likely N-dealkylation sites (N-methyl/N-ethyl adjacent to an activating group) is 1. The Morgan fingerprint density at radius 3 is 2.69 bits per heavy atom. The maximum Gasteiger partial charge on any atom is 0.573 e. The van der Waals surface area contributed by atoms with Crippen molar-refractivity contribution in [1.82, 2.24) is 4.98 Å². The molecule has 36 heavy (non-hydrogen) atoms. The second-order valence-corrected chi connectivity index (χ2v) is 8.68. The number of anilines is 3. The summed E-state index contributed by atoms with van der Waals surface area (Å²) in [6.45, 7) is -1.38. The smallest absolute Gasteiger partial charge is 0.478 e. The first-order chi connectivity index (χ1) is 16.9. The van der Waals surface area contributed by atoms with E-state index in [-0.39, 0.29) is 10.7 Å². The van der Waals surface area contributed by atoms with Crippen LogP contribution in [0.5, 0.6) is 5.75 Å². The second kappa shape index (κ2) is 9.31. The van der Waals surface area contributed by atoms with Crippen LogP contribution in [0.15, 0.2) is 36.4 Å². The lowest BCUT2D eigenvalue weighted by Crippen LogP contribution is -2.67. The predicted octanol–water partition coefficient (Wildman–Crippen LogP) is 3.36. The van der Waals surface area contributed by atoms with E-state index < -0.39 is 49.2 Å². The third-order valence-corrected chi connectivity index (χ3v) is 6.28. The Bertz CT molecular complexity index is 1320. The van der Waals surface area contributed by atoms with Crippen LogP contribution in [0.4, 0.5) is 34.1 Å². The Balaban J connectivity index is 1.76. The van der Waals surface area contributed by atoms with E-state index in [2.05, 4.69) is 20.4 Å². The number of carboxylic acids is 1. The molecule has 2 aromatic carbocycles. The molecule has 0 aliphatic carbocycles. The number of carbonyl (C=O) groups excluding carboxylic acids is 1. The molecule has 4 rings (SSSR count). The van der Waals surface area contributed by atoms with Crippen LogP contribution in [0, 0.1) is 0 Å². The molecule has 1 aliphatic heterocycles. The van der Waals surface area contributed by atoms with Gasteiger partial charge in [-0.05, 0) is 30.3 Å². The average Bonchev–Trinajstić information content (AvgIpc) is 3.30. The number of carbonyl (C=O) groups is 2. The minimum absolute atomic E-state index is 0.0390. The van der Waals surface area contributed by atoms with Crippen LogP contribution in [-0.4, -0.2) is 60.5 Å². The summed E-state index contributed by atoms with van der Waals surface area (Å²) in [4.78, 5) is 29.8. The van der Waals surface area contributed by atoms with Gasteiger partial charge in [0.1, 0.15) is 12.4 Å². The number of ether oxygens (including phenoxy) is 2. The molecule has 1 aliphatic rings. The molecule has 1 aromatic heterocycles. The van der Waals surface area contributed by atoms with Gasteiger partial charge in [-0.15, -0.1) is 13.2 Å². The van der Waals surface area contributed by atoms with Gasteiger partial charge in [-0.1, -0.05) is 11.3 Å². The van der Waals surface area contributed by atoms with E-state index >= 15 is 0 Å². The predicted molar refractivity (Wildman–Crippen MR) is 123 cm³/mol. The van der Waals surface area contributed by atoms with E-state index in [0.717, 1.165) is 23.5 Å². The normalized spacial score (nSPS) is 18.0. The molecule has 0 fully saturated rings. The number of amides is 1. The van der Waals surface area contributed by atoms with Crippen molar-refractivity contribution in [1.29, 1.82) is 0 Å². The maximum atomic E-state index is 13.0. The summed E-state index contributed by atoms with van der Waals surface area (Å²) in [5.74, 6) is -4.29. The van der Waals surface area contributed by atoms with Crippen LogP contribution in [-0.2, 0) is 9.53 Å². The molecule has 0 radical (unpaired) electrons. The van der Waals surface area contributed by atoms with Gasteiger partial charge in [-0.3, -0.25) is 4.79 Å². The average molecular weight is 529 g/mol. The largest absolute Gasteiger partial charge is 0.573 e. The number of primary amides is 1. The van der Waals surface area contributed by atoms with Crippen LogP contribution >= 0.6 is 11.3 Å². The molecule has 15 heteroatoms. The number of hydrogen-bond donors (Lipinski definition) is 4. The van der Waals surface area contributed by atoms with Crippen LogP contribution in [0.3, 0.4) is 0 Å². The monoisotopic (exact) mass is 529 g/mol. The van der Waals surface area contributed by atoms with Gasteiger partial charge in [-0.25, -0.2) is 14.2 Å². The Morgan fingerprint density at radius 2 is 2.06 bits per heavy atom. The molecule has 3 aromatic rings. The van der Waals surface area contributed by atoms with Crippen molar-refractivity contribution in [3.8, 4) is 5.75 Å². The molecule has 5 N–H and O–H groups in total. The number of fused-ring (bicyclic) bond motifs is 2. The van der Waals surface area contributed by atoms with Crippen LogP contribution in [0.1, 0.15) is 10.4 Å². The number of nitrogens with two attached hydrogens (primary N) is 1. The second-order valence-electron chi connectivity index (χ2n) is 7.65. The first kappa shape index (κ1) is 25.2. The van der Waals surface area contributed by atoms with Crippen molar-refractivity contribution >= 4 is 49.9 Å². The Kier molecular flexibility index (Phi) is 6.53. The molecule has 0 spiro atoms. The molecule has 2 atom stereocenters. The summed E-state index contributed by atoms with van der Waals surface area (Å²) in [7, 11) is 1.56. The van der Waals surface area contributed by atoms with Gasteiger partial charge >= 0.3 is 12.3 Å². The van der Waals surface area contributed by atoms with E-state index in [1.54, 1.807) is 7.05 Å². The van der Waals surface area contributed by atoms with Crippen LogP contribution < -0.4 is 26.0 Å². The molecule has 0 bridgehead atoms. The lowest BCUT2D eigenvalue weighted by atomic mass is 10.1. The number of halogens is 4. The topological polar surface area (TPSA) is 139 Å². The molecule has 192 valence electrons. The highest BCUT2D eigenvalue weighted by molar-refractivity contribution is 7.22. The minimum atomic E-state index is -4.87. The van der Waals surface area contributed by atoms with E-state index in [0.29, 0.717) is 21.6 Å². The fourth-order valence-electron chi connectivity index (χ4n) is 3.85. The lowest BCUT2D eigenvalue weighted by Gasteiger charge is -2.42. The Morgan fingerprint density at radius 1 is 1.31 bits per heavy atom. The van der Waals surface area contributed by atoms with Gasteiger partial charge in [0.15, 0.2) is 11.2 Å². The van der Waals surface area contributed by atoms with Gasteiger partial charge in [0, 0.05) is 13.1 Å². The molecular weight excluding hydrogens is 510 g/mol. The number of rotatable bonds is 9. The fraction of sp³-hybridized carbons (Fsp3) is 0.286. The number of nitrogens with one attached hydrogen (secondary N) is 2. The third kappa shape index (κ3) is 4.79. The lowest BCUT2D eigenvalue weighted by molar-refractivity contribution is -0.274. The third-order valence-electron chi connectivity index (χ3n) is 5.35. The van der Waals surface area contributed by atoms with Gasteiger partial charge in [0.25, 0.3) is 5.91 Å². The summed E-state index contributed by atoms with van der Waals surface area (Å²) >= 11 is 0.953. The van der Waals surface area contributed by atoms with Crippen molar-refractivity contribution in [2.45, 2.75) is 18.3 Å². The van der Waals surface area contributed by atoms with Gasteiger partial charge in [-0.2, -0.15) is 0 Å². The number of carboxylic acid groups (broad SMARTS) is 1. The van der Waals surface area contributed by atoms with Gasteiger partial charge in [0.2, 0.25) is 5.79 Å². The molecule has 2 heterocycles. The number of thiazole rings is 1. The summed E-state index contributed by atoms with van der Waals surface area (Å²) in [6.07, 6.45) is -6.39. The number of benzene rings is 2. The van der Waals surface area contributed by atoms with E-state index in [4.69, 9.17) is 10.5 Å². The summed E-state index contributed by atoms with van der Waals surface area (Å²) in [5, 5.41) is 15.5. The van der Waals surface area contributed by atoms with Crippen LogP contribution in [0.2, 0.25) is 0 Å². The number of aromatic carboxylic acids is 1. The van der Waals surface area contributed by atoms with Crippen molar-refractivity contribution in [3.05, 3.63) is 42.0 Å². The highest BCUT2D eigenvalue weighted by atomic mass is 32.1. The molecule has 2 unspecified atom stereocenters. The summed E-state index contributed by atoms with van der Waals surface area (Å²) in [6, 6.07) is 7.79. The van der Waals surface area contributed by atoms with Crippen molar-refractivity contribution < 1.29 is 41.7 Å². The highest BCUT2D eigenvalue weighted by Gasteiger charge is 2.52. The zero-order valence-electron chi connectivity index (χ0n) is 18.4. The minimum Gasteiger partial charge on any atom is -0.478 e. The summed E-state index contributed by atoms with van der Waals surface area (Å²) < 4.78 is 60.5. The fourth-order valence-corrected chi connectivity index (χ4v) is 4.80. The Hall–Kier alpha value is -3.85. The maximum absolute atomic E-state index is 13.0. The molecule has 0 saturated carbocycles. The molecular formula is C21H19F4N5O5S. The van der Waals surface area contributed by atoms with E-state index in [1.165, 1.54) is 29.2 Å². The quantitative estimate of drug-likeness (QED) is 0.307. The number of hydrogen-bond acceptors (Lipinski definition) is 9. The highest BCUT2D eigenvalue weighted by Crippen LogP contribution is 2.43. The zero-order chi connectivity index (χ0) is 26.3. The first-order valence-electron chi connectivity index (χ1n) is 10.2. The van der Waals surface area contributed by atoms with Gasteiger partial charge < -0.3 is 35.8 Å². The standard InChI is InChI=1S/C21H19F4N5O5S/c1-30-14-5-2-10(18(32)33)8-13(14)28-20(30,16(17(26)31)34-7-6-22)29-19-27-12-4-3-11(9-15(12)36-19)35-21(23,24)25/h2-5,8-9,16,28H,6-7H2,1H3,(H2,26,31)(H,27,29)(H,32,33). The van der Waals surface area contributed by atoms with Gasteiger partial charge in [0.05, 0.1) is 33.8 Å². The van der Waals surface area contributed by atoms with Crippen molar-refractivity contribution in [3.63, 3.8) is 0 Å². The Labute approximate surface area is 204 Å². The van der Waals surface area contributed by atoms with Crippen molar-refractivity contribution in [2.24, 2.45) is 5.73 Å². The zero-order valence-corrected chi connectivity index (χ0v) is 19.2. The van der Waals surface area contributed by atoms with Crippen LogP contribution in [0.25, 0.3) is 10.2 Å². The molecule has 0 saturated heterocycles. The SMILES string of the molecule is CN1c2ccc(C(=O)O)cc2NC1(Nc1nc2ccc(OC(F)(F)F)cc2s1)C(OCCF)C(N)=O. The number of alkyl halides is 4. The number of aromatic nitrogens is 1. The van der Waals surface area contributed by atoms with Crippen molar-refractivity contribution in [2.75, 3.05) is 35.9 Å². The van der Waals surface area contributed by atoms with E-state index in [1.807, 2.05) is 0 Å².